The highest BCUT2D eigenvalue weighted by molar-refractivity contribution is 9.10. The van der Waals surface area contributed by atoms with Gasteiger partial charge in [-0.1, -0.05) is 46.3 Å². The van der Waals surface area contributed by atoms with Crippen LogP contribution in [0.3, 0.4) is 0 Å². The molecule has 0 bridgehead atoms. The van der Waals surface area contributed by atoms with E-state index < -0.39 is 5.66 Å². The van der Waals surface area contributed by atoms with Crippen molar-refractivity contribution in [2.24, 2.45) is 0 Å². The van der Waals surface area contributed by atoms with E-state index in [1.807, 2.05) is 49.4 Å². The van der Waals surface area contributed by atoms with Crippen molar-refractivity contribution in [3.63, 3.8) is 0 Å². The second-order valence-corrected chi connectivity index (χ2v) is 6.59. The topological polar surface area (TPSA) is 44.4 Å². The van der Waals surface area contributed by atoms with Gasteiger partial charge in [0.15, 0.2) is 0 Å². The average Bonchev–Trinajstić information content (AvgIpc) is 2.83. The van der Waals surface area contributed by atoms with Crippen molar-refractivity contribution in [3.05, 3.63) is 64.6 Å². The molecule has 0 aliphatic carbocycles. The van der Waals surface area contributed by atoms with E-state index in [9.17, 15) is 4.79 Å². The Hall–Kier alpha value is -1.85. The summed E-state index contributed by atoms with van der Waals surface area (Å²) in [7, 11) is 0. The van der Waals surface area contributed by atoms with Crippen LogP contribution in [0.25, 0.3) is 0 Å². The molecule has 22 heavy (non-hydrogen) atoms. The Bertz CT molecular complexity index is 659. The first kappa shape index (κ1) is 15.1. The highest BCUT2D eigenvalue weighted by Crippen LogP contribution is 2.23. The summed E-state index contributed by atoms with van der Waals surface area (Å²) in [4.78, 5) is 12.2. The first-order valence-corrected chi connectivity index (χ1v) is 8.05. The monoisotopic (exact) mass is 359 g/mol. The molecule has 4 nitrogen and oxygen atoms in total. The van der Waals surface area contributed by atoms with Gasteiger partial charge in [-0.05, 0) is 49.6 Å². The van der Waals surface area contributed by atoms with Gasteiger partial charge >= 0.3 is 6.03 Å². The van der Waals surface area contributed by atoms with Gasteiger partial charge in [-0.15, -0.1) is 0 Å². The summed E-state index contributed by atoms with van der Waals surface area (Å²) >= 11 is 3.40. The van der Waals surface area contributed by atoms with Crippen LogP contribution < -0.4 is 15.8 Å². The molecule has 114 valence electrons. The van der Waals surface area contributed by atoms with Crippen molar-refractivity contribution in [2.45, 2.75) is 25.4 Å². The van der Waals surface area contributed by atoms with E-state index in [0.29, 0.717) is 0 Å². The van der Waals surface area contributed by atoms with E-state index in [-0.39, 0.29) is 6.03 Å². The predicted octanol–water partition coefficient (Wildman–Crippen LogP) is 3.83. The molecular formula is C17H18BrN3O. The Labute approximate surface area is 138 Å². The van der Waals surface area contributed by atoms with Crippen LogP contribution in [-0.4, -0.2) is 11.7 Å². The van der Waals surface area contributed by atoms with Crippen LogP contribution >= 0.6 is 15.9 Å². The zero-order chi connectivity index (χ0) is 15.6. The van der Waals surface area contributed by atoms with Crippen molar-refractivity contribution < 1.29 is 4.79 Å². The van der Waals surface area contributed by atoms with Gasteiger partial charge in [0.25, 0.3) is 0 Å². The van der Waals surface area contributed by atoms with Gasteiger partial charge in [0.1, 0.15) is 5.66 Å². The molecule has 5 heteroatoms. The number of rotatable bonds is 4. The summed E-state index contributed by atoms with van der Waals surface area (Å²) in [5, 5.41) is 4.59. The maximum absolute atomic E-state index is 12.2. The number of benzene rings is 2. The summed E-state index contributed by atoms with van der Waals surface area (Å²) in [6, 6.07) is 17.8. The van der Waals surface area contributed by atoms with Gasteiger partial charge in [-0.25, -0.2) is 15.2 Å². The fourth-order valence-corrected chi connectivity index (χ4v) is 2.81. The summed E-state index contributed by atoms with van der Waals surface area (Å²) in [6.07, 6.45) is 1.72. The minimum Gasteiger partial charge on any atom is -0.317 e. The van der Waals surface area contributed by atoms with E-state index in [1.54, 1.807) is 5.01 Å². The number of nitrogens with zero attached hydrogens (tertiary/aromatic N) is 1. The van der Waals surface area contributed by atoms with Crippen molar-refractivity contribution in [1.82, 2.24) is 10.7 Å². The molecule has 0 spiro atoms. The smallest absolute Gasteiger partial charge is 0.317 e. The molecule has 2 amide bonds. The first-order chi connectivity index (χ1) is 10.6. The molecule has 1 fully saturated rings. The third-order valence-corrected chi connectivity index (χ3v) is 4.31. The van der Waals surface area contributed by atoms with Gasteiger partial charge in [0, 0.05) is 4.47 Å². The Morgan fingerprint density at radius 2 is 1.77 bits per heavy atom. The molecule has 1 heterocycles. The van der Waals surface area contributed by atoms with Crippen LogP contribution in [0, 0.1) is 0 Å². The van der Waals surface area contributed by atoms with E-state index in [2.05, 4.69) is 38.8 Å². The maximum Gasteiger partial charge on any atom is 0.338 e. The van der Waals surface area contributed by atoms with Crippen molar-refractivity contribution in [2.75, 3.05) is 5.01 Å². The van der Waals surface area contributed by atoms with Crippen LogP contribution in [0.4, 0.5) is 10.5 Å². The molecule has 3 rings (SSSR count). The van der Waals surface area contributed by atoms with Crippen molar-refractivity contribution in [3.8, 4) is 0 Å². The van der Waals surface area contributed by atoms with Gasteiger partial charge in [0.2, 0.25) is 0 Å². The summed E-state index contributed by atoms with van der Waals surface area (Å²) < 4.78 is 0.989. The normalized spacial score (nSPS) is 21.0. The SMILES string of the molecule is C[C@]1(CCc2ccccc2)NC(=O)N(c2ccc(Br)cc2)N1. The maximum atomic E-state index is 12.2. The third kappa shape index (κ3) is 3.31. The number of hydrogen-bond donors (Lipinski definition) is 2. The highest BCUT2D eigenvalue weighted by Gasteiger charge is 2.38. The number of hydrogen-bond acceptors (Lipinski definition) is 2. The summed E-state index contributed by atoms with van der Waals surface area (Å²) in [5.74, 6) is 0. The fourth-order valence-electron chi connectivity index (χ4n) is 2.55. The van der Waals surface area contributed by atoms with E-state index in [1.165, 1.54) is 5.56 Å². The van der Waals surface area contributed by atoms with Gasteiger partial charge < -0.3 is 5.32 Å². The quantitative estimate of drug-likeness (QED) is 0.870. The minimum absolute atomic E-state index is 0.127. The van der Waals surface area contributed by atoms with Crippen LogP contribution in [0.2, 0.25) is 0 Å². The van der Waals surface area contributed by atoms with Crippen LogP contribution in [0.1, 0.15) is 18.9 Å². The lowest BCUT2D eigenvalue weighted by molar-refractivity contribution is 0.246. The van der Waals surface area contributed by atoms with Crippen molar-refractivity contribution >= 4 is 27.6 Å². The lowest BCUT2D eigenvalue weighted by atomic mass is 10.0. The summed E-state index contributed by atoms with van der Waals surface area (Å²) in [6.45, 7) is 2.01. The predicted molar refractivity (Wildman–Crippen MR) is 91.5 cm³/mol. The fraction of sp³-hybridized carbons (Fsp3) is 0.235. The number of amides is 2. The van der Waals surface area contributed by atoms with Crippen molar-refractivity contribution in [1.29, 1.82) is 0 Å². The molecule has 0 saturated carbocycles. The van der Waals surface area contributed by atoms with E-state index >= 15 is 0 Å². The number of nitrogens with one attached hydrogen (secondary N) is 2. The number of halogens is 1. The zero-order valence-electron chi connectivity index (χ0n) is 12.3. The summed E-state index contributed by atoms with van der Waals surface area (Å²) in [5.41, 5.74) is 4.92. The molecule has 1 atom stereocenters. The second kappa shape index (κ2) is 6.10. The Morgan fingerprint density at radius 3 is 2.45 bits per heavy atom. The van der Waals surface area contributed by atoms with Gasteiger partial charge in [-0.2, -0.15) is 0 Å². The third-order valence-electron chi connectivity index (χ3n) is 3.79. The number of aryl methyl sites for hydroxylation is 1. The van der Waals surface area contributed by atoms with Gasteiger partial charge in [0.05, 0.1) is 5.69 Å². The van der Waals surface area contributed by atoms with E-state index in [4.69, 9.17) is 0 Å². The Kier molecular flexibility index (Phi) is 4.18. The molecule has 1 saturated heterocycles. The van der Waals surface area contributed by atoms with Crippen LogP contribution in [0.5, 0.6) is 0 Å². The van der Waals surface area contributed by atoms with E-state index in [0.717, 1.165) is 23.0 Å². The molecule has 1 aliphatic heterocycles. The lowest BCUT2D eigenvalue weighted by Crippen LogP contribution is -2.48. The highest BCUT2D eigenvalue weighted by atomic mass is 79.9. The molecule has 2 aromatic carbocycles. The number of urea groups is 1. The Morgan fingerprint density at radius 1 is 1.09 bits per heavy atom. The average molecular weight is 360 g/mol. The number of carbonyl (C=O) groups is 1. The molecule has 1 aliphatic rings. The molecule has 2 N–H and O–H groups in total. The van der Waals surface area contributed by atoms with Gasteiger partial charge in [-0.3, -0.25) is 0 Å². The second-order valence-electron chi connectivity index (χ2n) is 5.67. The molecular weight excluding hydrogens is 342 g/mol. The largest absolute Gasteiger partial charge is 0.338 e. The van der Waals surface area contributed by atoms with Crippen LogP contribution in [-0.2, 0) is 6.42 Å². The molecule has 0 radical (unpaired) electrons. The zero-order valence-corrected chi connectivity index (χ0v) is 13.9. The number of carbonyl (C=O) groups excluding carboxylic acids is 1. The van der Waals surface area contributed by atoms with Crippen LogP contribution in [0.15, 0.2) is 59.1 Å². The minimum atomic E-state index is -0.444. The Balaban J connectivity index is 1.68. The number of hydrazine groups is 1. The standard InChI is InChI=1S/C17H18BrN3O/c1-17(12-11-13-5-3-2-4-6-13)19-16(22)21(20-17)15-9-7-14(18)8-10-15/h2-10,20H,11-12H2,1H3,(H,19,22)/t17-/m0/s1. The lowest BCUT2D eigenvalue weighted by Gasteiger charge is -2.25. The first-order valence-electron chi connectivity index (χ1n) is 7.25. The molecule has 2 aromatic rings. The molecule has 0 aromatic heterocycles. The molecule has 0 unspecified atom stereocenters. The number of anilines is 1.